The topological polar surface area (TPSA) is 47.0 Å². The molecule has 0 unspecified atom stereocenters. The van der Waals surface area contributed by atoms with Gasteiger partial charge >= 0.3 is 0 Å². The minimum absolute atomic E-state index is 0.316. The summed E-state index contributed by atoms with van der Waals surface area (Å²) in [6.45, 7) is 1.23. The van der Waals surface area contributed by atoms with Gasteiger partial charge in [-0.15, -0.1) is 10.2 Å². The number of benzene rings is 1. The van der Waals surface area contributed by atoms with E-state index in [1.807, 2.05) is 0 Å². The highest BCUT2D eigenvalue weighted by atomic mass is 32.2. The molecule has 20 heavy (non-hydrogen) atoms. The van der Waals surface area contributed by atoms with Crippen molar-refractivity contribution in [2.75, 3.05) is 25.6 Å². The molecule has 0 amide bonds. The van der Waals surface area contributed by atoms with E-state index in [1.54, 1.807) is 13.2 Å². The van der Waals surface area contributed by atoms with Crippen molar-refractivity contribution in [1.29, 1.82) is 0 Å². The molecule has 0 saturated heterocycles. The Morgan fingerprint density at radius 2 is 2.20 bits per heavy atom. The van der Waals surface area contributed by atoms with Gasteiger partial charge in [-0.25, -0.2) is 8.78 Å². The number of rotatable bonds is 7. The van der Waals surface area contributed by atoms with Gasteiger partial charge in [0.25, 0.3) is 0 Å². The summed E-state index contributed by atoms with van der Waals surface area (Å²) in [6, 6.07) is 4.16. The zero-order chi connectivity index (χ0) is 14.4. The van der Waals surface area contributed by atoms with Crippen LogP contribution in [0.5, 0.6) is 0 Å². The lowest BCUT2D eigenvalue weighted by molar-refractivity contribution is 0.211. The molecule has 0 atom stereocenters. The molecule has 4 nitrogen and oxygen atoms in total. The fraction of sp³-hybridized carbons (Fsp3) is 0.333. The Hall–Kier alpha value is -1.25. The van der Waals surface area contributed by atoms with Gasteiger partial charge in [0.15, 0.2) is 16.0 Å². The van der Waals surface area contributed by atoms with E-state index in [2.05, 4.69) is 15.5 Å². The first kappa shape index (κ1) is 15.1. The number of aromatic nitrogens is 2. The molecule has 0 aliphatic rings. The van der Waals surface area contributed by atoms with Crippen LogP contribution < -0.4 is 5.32 Å². The van der Waals surface area contributed by atoms with E-state index in [0.717, 1.165) is 6.07 Å². The monoisotopic (exact) mass is 317 g/mol. The number of methoxy groups -OCH3 is 1. The molecule has 0 bridgehead atoms. The smallest absolute Gasteiger partial charge is 0.206 e. The largest absolute Gasteiger partial charge is 0.383 e. The third-order valence-electron chi connectivity index (χ3n) is 2.37. The van der Waals surface area contributed by atoms with E-state index in [9.17, 15) is 8.78 Å². The number of nitrogens with one attached hydrogen (secondary N) is 1. The molecule has 1 aromatic heterocycles. The average molecular weight is 317 g/mol. The Kier molecular flexibility index (Phi) is 5.69. The van der Waals surface area contributed by atoms with Crippen molar-refractivity contribution in [3.63, 3.8) is 0 Å². The summed E-state index contributed by atoms with van der Waals surface area (Å²) in [7, 11) is 1.62. The second-order valence-electron chi connectivity index (χ2n) is 3.79. The van der Waals surface area contributed by atoms with Crippen LogP contribution in [0, 0.1) is 11.6 Å². The molecule has 0 fully saturated rings. The molecule has 0 aliphatic heterocycles. The third-order valence-corrected chi connectivity index (χ3v) is 4.43. The molecule has 108 valence electrons. The molecular weight excluding hydrogens is 304 g/mol. The summed E-state index contributed by atoms with van der Waals surface area (Å²) in [5, 5.41) is 11.7. The van der Waals surface area contributed by atoms with E-state index in [0.29, 0.717) is 33.9 Å². The first-order valence-electron chi connectivity index (χ1n) is 5.82. The summed E-state index contributed by atoms with van der Waals surface area (Å²) in [4.78, 5) is 0. The van der Waals surface area contributed by atoms with Crippen LogP contribution in [0.3, 0.4) is 0 Å². The lowest BCUT2D eigenvalue weighted by Gasteiger charge is -2.01. The quantitative estimate of drug-likeness (QED) is 0.628. The van der Waals surface area contributed by atoms with Crippen molar-refractivity contribution in [2.45, 2.75) is 10.1 Å². The van der Waals surface area contributed by atoms with E-state index in [4.69, 9.17) is 4.74 Å². The Morgan fingerprint density at radius 1 is 1.35 bits per heavy atom. The summed E-state index contributed by atoms with van der Waals surface area (Å²) in [6.07, 6.45) is 0. The number of ether oxygens (including phenoxy) is 1. The van der Waals surface area contributed by atoms with Crippen LogP contribution in [0.25, 0.3) is 0 Å². The summed E-state index contributed by atoms with van der Waals surface area (Å²) in [5.74, 6) is -1.32. The lowest BCUT2D eigenvalue weighted by Crippen LogP contribution is -2.06. The fourth-order valence-electron chi connectivity index (χ4n) is 1.40. The van der Waals surface area contributed by atoms with Crippen LogP contribution in [0.15, 0.2) is 22.5 Å². The molecule has 2 aromatic rings. The Labute approximate surface area is 123 Å². The van der Waals surface area contributed by atoms with Gasteiger partial charge in [0.1, 0.15) is 0 Å². The SMILES string of the molecule is COCCNc1nnc(SCc2cccc(F)c2F)s1. The van der Waals surface area contributed by atoms with Gasteiger partial charge in [-0.1, -0.05) is 35.2 Å². The van der Waals surface area contributed by atoms with Gasteiger partial charge in [-0.05, 0) is 6.07 Å². The highest BCUT2D eigenvalue weighted by molar-refractivity contribution is 8.00. The number of anilines is 1. The van der Waals surface area contributed by atoms with E-state index in [-0.39, 0.29) is 0 Å². The van der Waals surface area contributed by atoms with Crippen molar-refractivity contribution >= 4 is 28.2 Å². The number of halogens is 2. The second-order valence-corrected chi connectivity index (χ2v) is 5.99. The molecule has 0 aliphatic carbocycles. The van der Waals surface area contributed by atoms with Gasteiger partial charge in [-0.3, -0.25) is 0 Å². The Morgan fingerprint density at radius 3 is 3.00 bits per heavy atom. The Bertz CT molecular complexity index is 565. The molecule has 0 spiro atoms. The number of hydrogen-bond donors (Lipinski definition) is 1. The number of nitrogens with zero attached hydrogens (tertiary/aromatic N) is 2. The summed E-state index contributed by atoms with van der Waals surface area (Å²) >= 11 is 2.69. The van der Waals surface area contributed by atoms with Gasteiger partial charge < -0.3 is 10.1 Å². The third kappa shape index (κ3) is 4.12. The molecule has 1 heterocycles. The van der Waals surface area contributed by atoms with Crippen LogP contribution >= 0.6 is 23.1 Å². The molecule has 0 saturated carbocycles. The normalized spacial score (nSPS) is 10.8. The highest BCUT2D eigenvalue weighted by Crippen LogP contribution is 2.29. The van der Waals surface area contributed by atoms with Crippen molar-refractivity contribution in [3.05, 3.63) is 35.4 Å². The zero-order valence-corrected chi connectivity index (χ0v) is 12.4. The highest BCUT2D eigenvalue weighted by Gasteiger charge is 2.10. The minimum Gasteiger partial charge on any atom is -0.383 e. The summed E-state index contributed by atoms with van der Waals surface area (Å²) < 4.78 is 32.1. The predicted octanol–water partition coefficient (Wildman–Crippen LogP) is 3.17. The summed E-state index contributed by atoms with van der Waals surface area (Å²) in [5.41, 5.74) is 0.319. The van der Waals surface area contributed by atoms with E-state index >= 15 is 0 Å². The lowest BCUT2D eigenvalue weighted by atomic mass is 10.2. The van der Waals surface area contributed by atoms with E-state index < -0.39 is 11.6 Å². The van der Waals surface area contributed by atoms with Crippen LogP contribution in [-0.4, -0.2) is 30.5 Å². The van der Waals surface area contributed by atoms with Crippen LogP contribution in [0.1, 0.15) is 5.56 Å². The van der Waals surface area contributed by atoms with Gasteiger partial charge in [0, 0.05) is 25.0 Å². The maximum absolute atomic E-state index is 13.5. The van der Waals surface area contributed by atoms with Gasteiger partial charge in [0.05, 0.1) is 6.61 Å². The van der Waals surface area contributed by atoms with Crippen molar-refractivity contribution in [3.8, 4) is 0 Å². The molecule has 2 rings (SSSR count). The average Bonchev–Trinajstić information content (AvgIpc) is 2.89. The molecule has 1 N–H and O–H groups in total. The van der Waals surface area contributed by atoms with Gasteiger partial charge in [-0.2, -0.15) is 0 Å². The molecule has 8 heteroatoms. The van der Waals surface area contributed by atoms with Crippen LogP contribution in [-0.2, 0) is 10.5 Å². The first-order valence-corrected chi connectivity index (χ1v) is 7.63. The second kappa shape index (κ2) is 7.51. The predicted molar refractivity (Wildman–Crippen MR) is 76.2 cm³/mol. The van der Waals surface area contributed by atoms with Crippen LogP contribution in [0.4, 0.5) is 13.9 Å². The first-order chi connectivity index (χ1) is 9.70. The Balaban J connectivity index is 1.89. The number of thioether (sulfide) groups is 1. The fourth-order valence-corrected chi connectivity index (χ4v) is 3.15. The molecule has 1 aromatic carbocycles. The molecule has 0 radical (unpaired) electrons. The minimum atomic E-state index is -0.831. The maximum Gasteiger partial charge on any atom is 0.206 e. The van der Waals surface area contributed by atoms with Crippen molar-refractivity contribution < 1.29 is 13.5 Å². The maximum atomic E-state index is 13.5. The number of hydrogen-bond acceptors (Lipinski definition) is 6. The standard InChI is InChI=1S/C12H13F2N3OS2/c1-18-6-5-15-11-16-17-12(20-11)19-7-8-3-2-4-9(13)10(8)14/h2-4H,5-7H2,1H3,(H,15,16). The molecular formula is C12H13F2N3OS2. The van der Waals surface area contributed by atoms with Crippen molar-refractivity contribution in [1.82, 2.24) is 10.2 Å². The van der Waals surface area contributed by atoms with Crippen LogP contribution in [0.2, 0.25) is 0 Å². The van der Waals surface area contributed by atoms with Crippen molar-refractivity contribution in [2.24, 2.45) is 0 Å². The van der Waals surface area contributed by atoms with Gasteiger partial charge in [0.2, 0.25) is 5.13 Å². The zero-order valence-electron chi connectivity index (χ0n) is 10.7. The van der Waals surface area contributed by atoms with E-state index in [1.165, 1.54) is 29.2 Å².